The lowest BCUT2D eigenvalue weighted by atomic mass is 9.79. The van der Waals surface area contributed by atoms with Crippen LogP contribution in [-0.4, -0.2) is 9.97 Å². The van der Waals surface area contributed by atoms with Gasteiger partial charge in [0.2, 0.25) is 0 Å². The molecule has 328 valence electrons. The molecule has 14 rings (SSSR count). The van der Waals surface area contributed by atoms with Gasteiger partial charge < -0.3 is 9.40 Å². The van der Waals surface area contributed by atoms with Crippen molar-refractivity contribution >= 4 is 60.9 Å². The van der Waals surface area contributed by atoms with Crippen LogP contribution in [0.1, 0.15) is 86.1 Å². The Hall–Kier alpha value is -7.69. The van der Waals surface area contributed by atoms with Crippen LogP contribution in [0.25, 0.3) is 88.3 Å². The number of rotatable bonds is 4. The molecule has 0 unspecified atom stereocenters. The first-order valence-electron chi connectivity index (χ1n) is 24.1. The Balaban J connectivity index is 0.925. The van der Waals surface area contributed by atoms with Crippen LogP contribution < -0.4 is 4.90 Å². The molecule has 0 saturated carbocycles. The minimum absolute atomic E-state index is 0.170. The molecule has 0 fully saturated rings. The number of anilines is 3. The maximum absolute atomic E-state index is 6.45. The van der Waals surface area contributed by atoms with Crippen LogP contribution >= 0.6 is 0 Å². The van der Waals surface area contributed by atoms with Gasteiger partial charge in [-0.05, 0) is 165 Å². The predicted molar refractivity (Wildman–Crippen MR) is 283 cm³/mol. The van der Waals surface area contributed by atoms with Gasteiger partial charge in [-0.3, -0.25) is 4.90 Å². The van der Waals surface area contributed by atoms with Gasteiger partial charge in [0.15, 0.2) is 0 Å². The number of H-pyrrole nitrogens is 1. The Bertz CT molecular complexity index is 4030. The normalized spacial score (nSPS) is 15.4. The van der Waals surface area contributed by atoms with E-state index in [4.69, 9.17) is 9.40 Å². The summed E-state index contributed by atoms with van der Waals surface area (Å²) >= 11 is 0. The van der Waals surface area contributed by atoms with Gasteiger partial charge in [0, 0.05) is 66.4 Å². The van der Waals surface area contributed by atoms with Crippen molar-refractivity contribution in [2.24, 2.45) is 0 Å². The predicted octanol–water partition coefficient (Wildman–Crippen LogP) is 17.3. The minimum Gasteiger partial charge on any atom is -0.456 e. The number of hydrogen-bond donors (Lipinski definition) is 1. The molecule has 4 nitrogen and oxygen atoms in total. The van der Waals surface area contributed by atoms with E-state index >= 15 is 0 Å². The zero-order valence-electron chi connectivity index (χ0n) is 39.8. The summed E-state index contributed by atoms with van der Waals surface area (Å²) in [4.78, 5) is 11.3. The molecule has 68 heavy (non-hydrogen) atoms. The molecule has 0 amide bonds. The second-order valence-corrected chi connectivity index (χ2v) is 21.3. The fourth-order valence-electron chi connectivity index (χ4n) is 13.0. The van der Waals surface area contributed by atoms with Crippen molar-refractivity contribution in [1.29, 1.82) is 0 Å². The highest BCUT2D eigenvalue weighted by molar-refractivity contribution is 6.21. The van der Waals surface area contributed by atoms with E-state index in [-0.39, 0.29) is 16.2 Å². The molecule has 8 aromatic carbocycles. The number of aryl methyl sites for hydroxylation is 2. The minimum atomic E-state index is -0.279. The van der Waals surface area contributed by atoms with Crippen molar-refractivity contribution in [3.8, 4) is 44.5 Å². The molecule has 11 aromatic rings. The summed E-state index contributed by atoms with van der Waals surface area (Å²) in [5.74, 6) is 0.888. The zero-order valence-corrected chi connectivity index (χ0v) is 39.8. The SMILES string of the molecule is Cc1ccc(-c2cc3c(c4c2[nH]c2ccccc24)-c2ccc(N(c4ccc5c(c4)C(C)(C)c4cc6c(cc4-5)C(C)(C)c4ccc5oc7ccccc7c5c4-6)c4ccccn4)cc2C3(C)C)c(C)c1. The van der Waals surface area contributed by atoms with E-state index in [9.17, 15) is 0 Å². The van der Waals surface area contributed by atoms with Crippen LogP contribution in [0.4, 0.5) is 17.2 Å². The van der Waals surface area contributed by atoms with Gasteiger partial charge in [-0.25, -0.2) is 4.98 Å². The number of hydrogen-bond acceptors (Lipinski definition) is 3. The number of pyridine rings is 1. The quantitative estimate of drug-likeness (QED) is 0.192. The summed E-state index contributed by atoms with van der Waals surface area (Å²) in [5.41, 5.74) is 26.8. The van der Waals surface area contributed by atoms with Gasteiger partial charge >= 0.3 is 0 Å². The van der Waals surface area contributed by atoms with Gasteiger partial charge in [0.25, 0.3) is 0 Å². The standard InChI is InChI=1S/C64H51N3O/c1-35-20-23-39(36(2)29-35)45-33-52-57(60-42-15-9-11-17-53(42)66-61(45)60)41-25-22-38(31-49(41)64(52,7)8)67(56-19-13-14-28-65-56)37-21-24-40-44-32-51-46(34-50(44)63(5,6)48(40)30-37)58-47(62(51,3)4)26-27-55-59(58)43-16-10-12-18-54(43)68-55/h9-34,66H,1-8H3. The largest absolute Gasteiger partial charge is 0.456 e. The first-order valence-corrected chi connectivity index (χ1v) is 24.1. The van der Waals surface area contributed by atoms with Crippen molar-refractivity contribution in [3.05, 3.63) is 202 Å². The second-order valence-electron chi connectivity index (χ2n) is 21.3. The third-order valence-electron chi connectivity index (χ3n) is 16.4. The van der Waals surface area contributed by atoms with E-state index in [2.05, 4.69) is 211 Å². The Morgan fingerprint density at radius 2 is 1.07 bits per heavy atom. The first-order chi connectivity index (χ1) is 32.8. The van der Waals surface area contributed by atoms with Crippen LogP contribution in [0.5, 0.6) is 0 Å². The van der Waals surface area contributed by atoms with E-state index in [0.717, 1.165) is 33.9 Å². The molecule has 4 heteroatoms. The van der Waals surface area contributed by atoms with Gasteiger partial charge in [0.1, 0.15) is 17.0 Å². The van der Waals surface area contributed by atoms with Crippen LogP contribution in [0.3, 0.4) is 0 Å². The maximum atomic E-state index is 6.45. The Morgan fingerprint density at radius 3 is 1.85 bits per heavy atom. The highest BCUT2D eigenvalue weighted by Gasteiger charge is 2.44. The lowest BCUT2D eigenvalue weighted by Gasteiger charge is -2.29. The monoisotopic (exact) mass is 877 g/mol. The van der Waals surface area contributed by atoms with Gasteiger partial charge in [-0.15, -0.1) is 0 Å². The van der Waals surface area contributed by atoms with Crippen molar-refractivity contribution in [3.63, 3.8) is 0 Å². The van der Waals surface area contributed by atoms with Gasteiger partial charge in [0.05, 0.1) is 5.52 Å². The molecule has 0 aliphatic heterocycles. The third kappa shape index (κ3) is 5.07. The summed E-state index contributed by atoms with van der Waals surface area (Å²) in [6.45, 7) is 18.8. The summed E-state index contributed by atoms with van der Waals surface area (Å²) in [6.07, 6.45) is 1.91. The van der Waals surface area contributed by atoms with Crippen molar-refractivity contribution in [2.45, 2.75) is 71.6 Å². The van der Waals surface area contributed by atoms with Crippen molar-refractivity contribution < 1.29 is 4.42 Å². The topological polar surface area (TPSA) is 45.1 Å². The molecule has 0 spiro atoms. The number of furan rings is 1. The number of fused-ring (bicyclic) bond motifs is 17. The number of para-hydroxylation sites is 2. The summed E-state index contributed by atoms with van der Waals surface area (Å²) in [7, 11) is 0. The number of aromatic nitrogens is 2. The molecular formula is C64H51N3O. The van der Waals surface area contributed by atoms with E-state index in [1.165, 1.54) is 116 Å². The van der Waals surface area contributed by atoms with E-state index in [1.54, 1.807) is 0 Å². The molecule has 0 atom stereocenters. The van der Waals surface area contributed by atoms with Crippen LogP contribution in [0.15, 0.2) is 162 Å². The molecule has 3 heterocycles. The van der Waals surface area contributed by atoms with Crippen molar-refractivity contribution in [1.82, 2.24) is 9.97 Å². The van der Waals surface area contributed by atoms with E-state index < -0.39 is 0 Å². The van der Waals surface area contributed by atoms with Crippen LogP contribution in [0.2, 0.25) is 0 Å². The summed E-state index contributed by atoms with van der Waals surface area (Å²) < 4.78 is 6.45. The molecule has 0 radical (unpaired) electrons. The Labute approximate surface area is 396 Å². The highest BCUT2D eigenvalue weighted by Crippen LogP contribution is 2.60. The average molecular weight is 878 g/mol. The third-order valence-corrected chi connectivity index (χ3v) is 16.4. The zero-order chi connectivity index (χ0) is 46.2. The summed E-state index contributed by atoms with van der Waals surface area (Å²) in [6, 6.07) is 56.6. The number of benzene rings is 8. The number of nitrogens with one attached hydrogen (secondary N) is 1. The second kappa shape index (κ2) is 13.3. The molecule has 3 aliphatic rings. The van der Waals surface area contributed by atoms with E-state index in [0.29, 0.717) is 0 Å². The van der Waals surface area contributed by atoms with Crippen LogP contribution in [-0.2, 0) is 16.2 Å². The fraction of sp³-hybridized carbons (Fsp3) is 0.172. The average Bonchev–Trinajstić information content (AvgIpc) is 4.08. The smallest absolute Gasteiger partial charge is 0.137 e. The molecule has 1 N–H and O–H groups in total. The number of aromatic amines is 1. The molecule has 0 bridgehead atoms. The Morgan fingerprint density at radius 1 is 0.456 bits per heavy atom. The molecular weight excluding hydrogens is 827 g/mol. The maximum Gasteiger partial charge on any atom is 0.137 e. The molecule has 3 aromatic heterocycles. The lowest BCUT2D eigenvalue weighted by Crippen LogP contribution is -2.18. The fourth-order valence-corrected chi connectivity index (χ4v) is 13.0. The Kier molecular flexibility index (Phi) is 7.70. The first kappa shape index (κ1) is 39.5. The number of nitrogens with zero attached hydrogens (tertiary/aromatic N) is 2. The molecule has 0 saturated heterocycles. The van der Waals surface area contributed by atoms with Gasteiger partial charge in [-0.1, -0.05) is 126 Å². The van der Waals surface area contributed by atoms with Gasteiger partial charge in [-0.2, -0.15) is 0 Å². The highest BCUT2D eigenvalue weighted by atomic mass is 16.3. The lowest BCUT2D eigenvalue weighted by molar-refractivity contribution is 0.651. The van der Waals surface area contributed by atoms with Crippen LogP contribution in [0, 0.1) is 13.8 Å². The van der Waals surface area contributed by atoms with E-state index in [1.807, 2.05) is 12.3 Å². The summed E-state index contributed by atoms with van der Waals surface area (Å²) in [5, 5.41) is 4.96. The molecule has 3 aliphatic carbocycles. The van der Waals surface area contributed by atoms with Crippen molar-refractivity contribution in [2.75, 3.05) is 4.90 Å².